The molecule has 1 amide bonds. The Bertz CT molecular complexity index is 743. The third kappa shape index (κ3) is 2.77. The summed E-state index contributed by atoms with van der Waals surface area (Å²) in [4.78, 5) is 26.9. The van der Waals surface area contributed by atoms with E-state index < -0.39 is 11.7 Å². The number of halogens is 2. The zero-order valence-electron chi connectivity index (χ0n) is 10.6. The highest BCUT2D eigenvalue weighted by Crippen LogP contribution is 2.12. The summed E-state index contributed by atoms with van der Waals surface area (Å²) >= 11 is 3.14. The molecule has 0 spiro atoms. The molecule has 1 aromatic carbocycles. The smallest absolute Gasteiger partial charge is 0.268 e. The summed E-state index contributed by atoms with van der Waals surface area (Å²) in [5, 5.41) is 0. The van der Waals surface area contributed by atoms with Crippen LogP contribution in [0.3, 0.4) is 0 Å². The van der Waals surface area contributed by atoms with Crippen LogP contribution in [0.15, 0.2) is 33.8 Å². The number of hydrogen-bond donors (Lipinski definition) is 1. The average Bonchev–Trinajstić information content (AvgIpc) is 2.41. The number of carbonyl (C=O) groups is 1. The predicted octanol–water partition coefficient (Wildman–Crippen LogP) is 1.60. The first-order valence-corrected chi connectivity index (χ1v) is 6.49. The van der Waals surface area contributed by atoms with Crippen LogP contribution < -0.4 is 11.3 Å². The molecule has 2 aromatic rings. The lowest BCUT2D eigenvalue weighted by Crippen LogP contribution is -2.23. The monoisotopic (exact) mass is 339 g/mol. The molecule has 0 saturated carbocycles. The first-order valence-electron chi connectivity index (χ1n) is 5.70. The van der Waals surface area contributed by atoms with Crippen LogP contribution in [0.25, 0.3) is 0 Å². The molecule has 0 saturated heterocycles. The zero-order chi connectivity index (χ0) is 14.9. The quantitative estimate of drug-likeness (QED) is 0.922. The number of hydrogen-bond acceptors (Lipinski definition) is 3. The first-order chi connectivity index (χ1) is 9.40. The number of rotatable bonds is 3. The molecule has 1 heterocycles. The van der Waals surface area contributed by atoms with Crippen molar-refractivity contribution in [2.75, 3.05) is 0 Å². The summed E-state index contributed by atoms with van der Waals surface area (Å²) in [5.74, 6) is -1.29. The summed E-state index contributed by atoms with van der Waals surface area (Å²) in [5.41, 5.74) is 5.70. The van der Waals surface area contributed by atoms with Crippen molar-refractivity contribution >= 4 is 21.8 Å². The second-order valence-electron chi connectivity index (χ2n) is 4.25. The number of aryl methyl sites for hydroxylation is 1. The molecule has 7 heteroatoms. The van der Waals surface area contributed by atoms with Crippen molar-refractivity contribution in [1.29, 1.82) is 0 Å². The molecule has 0 bridgehead atoms. The van der Waals surface area contributed by atoms with Crippen LogP contribution in [0.1, 0.15) is 21.6 Å². The van der Waals surface area contributed by atoms with Crippen LogP contribution in [-0.2, 0) is 6.54 Å². The van der Waals surface area contributed by atoms with Gasteiger partial charge in [-0.3, -0.25) is 14.2 Å². The highest BCUT2D eigenvalue weighted by atomic mass is 79.9. The lowest BCUT2D eigenvalue weighted by atomic mass is 10.1. The minimum atomic E-state index is -0.702. The fraction of sp³-hybridized carbons (Fsp3) is 0.154. The van der Waals surface area contributed by atoms with Gasteiger partial charge < -0.3 is 5.73 Å². The standard InChI is InChI=1S/C13H11BrFN3O2/c1-7-11(14)13(20)18(6-17-7)5-9-3-2-8(12(16)19)4-10(9)15/h2-4,6H,5H2,1H3,(H2,16,19). The Morgan fingerprint density at radius 3 is 2.80 bits per heavy atom. The maximum atomic E-state index is 13.9. The lowest BCUT2D eigenvalue weighted by Gasteiger charge is -2.08. The molecule has 2 rings (SSSR count). The van der Waals surface area contributed by atoms with Crippen LogP contribution in [0.2, 0.25) is 0 Å². The van der Waals surface area contributed by atoms with Crippen molar-refractivity contribution < 1.29 is 9.18 Å². The Kier molecular flexibility index (Phi) is 3.99. The summed E-state index contributed by atoms with van der Waals surface area (Å²) in [6.07, 6.45) is 1.35. The number of aromatic nitrogens is 2. The Balaban J connectivity index is 2.38. The van der Waals surface area contributed by atoms with Crippen LogP contribution in [0.4, 0.5) is 4.39 Å². The van der Waals surface area contributed by atoms with Crippen molar-refractivity contribution in [3.63, 3.8) is 0 Å². The second-order valence-corrected chi connectivity index (χ2v) is 5.04. The highest BCUT2D eigenvalue weighted by molar-refractivity contribution is 9.10. The Labute approximate surface area is 122 Å². The van der Waals surface area contributed by atoms with Crippen molar-refractivity contribution in [3.8, 4) is 0 Å². The summed E-state index contributed by atoms with van der Waals surface area (Å²) in [6.45, 7) is 1.72. The molecule has 0 radical (unpaired) electrons. The van der Waals surface area contributed by atoms with E-state index in [0.29, 0.717) is 10.2 Å². The number of carbonyl (C=O) groups excluding carboxylic acids is 1. The van der Waals surface area contributed by atoms with Gasteiger partial charge in [0, 0.05) is 11.1 Å². The molecule has 104 valence electrons. The van der Waals surface area contributed by atoms with Gasteiger partial charge in [-0.25, -0.2) is 9.37 Å². The summed E-state index contributed by atoms with van der Waals surface area (Å²) in [7, 11) is 0. The molecule has 2 N–H and O–H groups in total. The molecular weight excluding hydrogens is 329 g/mol. The van der Waals surface area contributed by atoms with Gasteiger partial charge in [0.25, 0.3) is 5.56 Å². The topological polar surface area (TPSA) is 78.0 Å². The van der Waals surface area contributed by atoms with Gasteiger partial charge in [0.2, 0.25) is 5.91 Å². The molecule has 0 aliphatic carbocycles. The Hall–Kier alpha value is -2.02. The summed E-state index contributed by atoms with van der Waals surface area (Å²) < 4.78 is 15.5. The van der Waals surface area contributed by atoms with Crippen molar-refractivity contribution in [3.05, 3.63) is 62.0 Å². The number of primary amides is 1. The van der Waals surface area contributed by atoms with E-state index in [0.717, 1.165) is 6.07 Å². The summed E-state index contributed by atoms with van der Waals surface area (Å²) in [6, 6.07) is 3.90. The average molecular weight is 340 g/mol. The van der Waals surface area contributed by atoms with E-state index in [1.165, 1.54) is 23.0 Å². The maximum Gasteiger partial charge on any atom is 0.268 e. The highest BCUT2D eigenvalue weighted by Gasteiger charge is 2.10. The third-order valence-corrected chi connectivity index (χ3v) is 3.75. The van der Waals surface area contributed by atoms with Gasteiger partial charge in [0.05, 0.1) is 18.6 Å². The second kappa shape index (κ2) is 5.54. The lowest BCUT2D eigenvalue weighted by molar-refractivity contribution is 0.1000. The Morgan fingerprint density at radius 2 is 2.20 bits per heavy atom. The van der Waals surface area contributed by atoms with E-state index in [9.17, 15) is 14.0 Å². The Morgan fingerprint density at radius 1 is 1.50 bits per heavy atom. The molecule has 0 fully saturated rings. The van der Waals surface area contributed by atoms with Crippen molar-refractivity contribution in [1.82, 2.24) is 9.55 Å². The van der Waals surface area contributed by atoms with E-state index in [1.807, 2.05) is 0 Å². The van der Waals surface area contributed by atoms with Crippen LogP contribution in [-0.4, -0.2) is 15.5 Å². The van der Waals surface area contributed by atoms with E-state index in [2.05, 4.69) is 20.9 Å². The number of benzene rings is 1. The predicted molar refractivity (Wildman–Crippen MR) is 75.0 cm³/mol. The SMILES string of the molecule is Cc1ncn(Cc2ccc(C(N)=O)cc2F)c(=O)c1Br. The number of nitrogens with zero attached hydrogens (tertiary/aromatic N) is 2. The van der Waals surface area contributed by atoms with Gasteiger partial charge in [0.15, 0.2) is 0 Å². The molecule has 0 aliphatic rings. The molecule has 5 nitrogen and oxygen atoms in total. The van der Waals surface area contributed by atoms with Gasteiger partial charge >= 0.3 is 0 Å². The van der Waals surface area contributed by atoms with Crippen molar-refractivity contribution in [2.24, 2.45) is 5.73 Å². The van der Waals surface area contributed by atoms with Gasteiger partial charge in [-0.05, 0) is 35.0 Å². The number of amides is 1. The van der Waals surface area contributed by atoms with Gasteiger partial charge in [-0.15, -0.1) is 0 Å². The van der Waals surface area contributed by atoms with E-state index in [-0.39, 0.29) is 23.2 Å². The first kappa shape index (κ1) is 14.4. The fourth-order valence-corrected chi connectivity index (χ4v) is 2.00. The zero-order valence-corrected chi connectivity index (χ0v) is 12.1. The van der Waals surface area contributed by atoms with Gasteiger partial charge in [0.1, 0.15) is 10.3 Å². The van der Waals surface area contributed by atoms with Gasteiger partial charge in [-0.1, -0.05) is 6.07 Å². The van der Waals surface area contributed by atoms with E-state index in [1.54, 1.807) is 6.92 Å². The minimum Gasteiger partial charge on any atom is -0.366 e. The maximum absolute atomic E-state index is 13.9. The van der Waals surface area contributed by atoms with E-state index in [4.69, 9.17) is 5.73 Å². The van der Waals surface area contributed by atoms with Crippen LogP contribution in [0.5, 0.6) is 0 Å². The number of nitrogens with two attached hydrogens (primary N) is 1. The van der Waals surface area contributed by atoms with Crippen molar-refractivity contribution in [2.45, 2.75) is 13.5 Å². The molecule has 20 heavy (non-hydrogen) atoms. The minimum absolute atomic E-state index is 0.0234. The van der Waals surface area contributed by atoms with Crippen LogP contribution >= 0.6 is 15.9 Å². The largest absolute Gasteiger partial charge is 0.366 e. The molecule has 0 unspecified atom stereocenters. The normalized spacial score (nSPS) is 10.6. The molecular formula is C13H11BrFN3O2. The van der Waals surface area contributed by atoms with E-state index >= 15 is 0 Å². The molecule has 0 atom stereocenters. The van der Waals surface area contributed by atoms with Gasteiger partial charge in [-0.2, -0.15) is 0 Å². The molecule has 0 aliphatic heterocycles. The molecule has 1 aromatic heterocycles. The van der Waals surface area contributed by atoms with Crippen LogP contribution in [0, 0.1) is 12.7 Å². The third-order valence-electron chi connectivity index (χ3n) is 2.84. The fourth-order valence-electron chi connectivity index (χ4n) is 1.67.